The lowest BCUT2D eigenvalue weighted by atomic mass is 10.3. The van der Waals surface area contributed by atoms with Crippen molar-refractivity contribution in [2.45, 2.75) is 13.3 Å². The summed E-state index contributed by atoms with van der Waals surface area (Å²) in [5, 5.41) is 2.70. The number of hydrogen-bond acceptors (Lipinski definition) is 5. The molecule has 0 unspecified atom stereocenters. The van der Waals surface area contributed by atoms with Gasteiger partial charge in [-0.15, -0.1) is 0 Å². The fourth-order valence-electron chi connectivity index (χ4n) is 1.63. The van der Waals surface area contributed by atoms with Crippen LogP contribution in [-0.4, -0.2) is 29.1 Å². The van der Waals surface area contributed by atoms with E-state index in [1.807, 2.05) is 12.1 Å². The van der Waals surface area contributed by atoms with Gasteiger partial charge in [0.2, 0.25) is 5.91 Å². The van der Waals surface area contributed by atoms with Gasteiger partial charge in [-0.3, -0.25) is 4.79 Å². The lowest BCUT2D eigenvalue weighted by Gasteiger charge is -2.08. The Hall–Kier alpha value is -2.15. The van der Waals surface area contributed by atoms with Crippen molar-refractivity contribution >= 4 is 27.5 Å². The predicted molar refractivity (Wildman–Crippen MR) is 86.1 cm³/mol. The quantitative estimate of drug-likeness (QED) is 0.763. The molecule has 0 saturated carbocycles. The Morgan fingerprint density at radius 2 is 1.77 bits per heavy atom. The first-order valence-corrected chi connectivity index (χ1v) is 7.53. The van der Waals surface area contributed by atoms with Crippen molar-refractivity contribution in [1.82, 2.24) is 9.97 Å². The molecule has 0 spiro atoms. The van der Waals surface area contributed by atoms with E-state index in [0.29, 0.717) is 25.6 Å². The average Bonchev–Trinajstić information content (AvgIpc) is 2.50. The number of aromatic nitrogens is 2. The zero-order chi connectivity index (χ0) is 15.8. The zero-order valence-corrected chi connectivity index (χ0v) is 13.7. The minimum absolute atomic E-state index is 0.0963. The second-order valence-electron chi connectivity index (χ2n) is 4.44. The molecule has 0 aliphatic heterocycles. The van der Waals surface area contributed by atoms with Gasteiger partial charge in [0.25, 0.3) is 0 Å². The van der Waals surface area contributed by atoms with E-state index in [1.54, 1.807) is 24.5 Å². The Balaban J connectivity index is 1.66. The van der Waals surface area contributed by atoms with Crippen LogP contribution in [0, 0.1) is 0 Å². The van der Waals surface area contributed by atoms with Crippen molar-refractivity contribution in [2.24, 2.45) is 0 Å². The van der Waals surface area contributed by atoms with E-state index in [2.05, 4.69) is 31.2 Å². The van der Waals surface area contributed by atoms with E-state index in [4.69, 9.17) is 9.47 Å². The third-order valence-electron chi connectivity index (χ3n) is 2.56. The highest BCUT2D eigenvalue weighted by molar-refractivity contribution is 9.10. The lowest BCUT2D eigenvalue weighted by molar-refractivity contribution is -0.114. The van der Waals surface area contributed by atoms with E-state index in [0.717, 1.165) is 15.9 Å². The molecule has 2 aromatic rings. The molecule has 0 saturated heterocycles. The fourth-order valence-corrected chi connectivity index (χ4v) is 1.83. The standard InChI is InChI=1S/C15H16BrN3O3/c1-11(20)19-13-3-5-14(6-4-13)21-7-2-8-22-15-17-9-12(16)10-18-15/h3-6,9-10H,2,7-8H2,1H3,(H,19,20). The number of benzene rings is 1. The molecular weight excluding hydrogens is 350 g/mol. The van der Waals surface area contributed by atoms with E-state index >= 15 is 0 Å². The molecule has 2 rings (SSSR count). The minimum atomic E-state index is -0.0963. The van der Waals surface area contributed by atoms with Gasteiger partial charge in [0.05, 0.1) is 17.7 Å². The molecule has 116 valence electrons. The second-order valence-corrected chi connectivity index (χ2v) is 5.36. The topological polar surface area (TPSA) is 73.3 Å². The number of hydrogen-bond donors (Lipinski definition) is 1. The van der Waals surface area contributed by atoms with Crippen molar-refractivity contribution < 1.29 is 14.3 Å². The molecule has 1 heterocycles. The van der Waals surface area contributed by atoms with Gasteiger partial charge in [-0.2, -0.15) is 0 Å². The summed E-state index contributed by atoms with van der Waals surface area (Å²) < 4.78 is 11.8. The van der Waals surface area contributed by atoms with Crippen LogP contribution in [0.4, 0.5) is 5.69 Å². The number of nitrogens with one attached hydrogen (secondary N) is 1. The van der Waals surface area contributed by atoms with Crippen LogP contribution in [0.1, 0.15) is 13.3 Å². The number of rotatable bonds is 7. The van der Waals surface area contributed by atoms with Gasteiger partial charge in [-0.1, -0.05) is 0 Å². The van der Waals surface area contributed by atoms with Crippen LogP contribution in [0.25, 0.3) is 0 Å². The SMILES string of the molecule is CC(=O)Nc1ccc(OCCCOc2ncc(Br)cn2)cc1. The summed E-state index contributed by atoms with van der Waals surface area (Å²) in [6.45, 7) is 2.47. The third kappa shape index (κ3) is 5.69. The molecule has 0 aliphatic carbocycles. The number of amides is 1. The van der Waals surface area contributed by atoms with Crippen molar-refractivity contribution in [2.75, 3.05) is 18.5 Å². The van der Waals surface area contributed by atoms with Gasteiger partial charge >= 0.3 is 6.01 Å². The highest BCUT2D eigenvalue weighted by Gasteiger charge is 1.99. The molecule has 1 N–H and O–H groups in total. The molecule has 22 heavy (non-hydrogen) atoms. The van der Waals surface area contributed by atoms with Crippen LogP contribution in [0.3, 0.4) is 0 Å². The largest absolute Gasteiger partial charge is 0.493 e. The highest BCUT2D eigenvalue weighted by atomic mass is 79.9. The normalized spacial score (nSPS) is 10.1. The number of carbonyl (C=O) groups excluding carboxylic acids is 1. The summed E-state index contributed by atoms with van der Waals surface area (Å²) in [5.41, 5.74) is 0.746. The maximum absolute atomic E-state index is 10.9. The smallest absolute Gasteiger partial charge is 0.316 e. The summed E-state index contributed by atoms with van der Waals surface area (Å²) in [4.78, 5) is 18.9. The van der Waals surface area contributed by atoms with Gasteiger partial charge in [0.1, 0.15) is 5.75 Å². The monoisotopic (exact) mass is 365 g/mol. The van der Waals surface area contributed by atoms with Crippen LogP contribution < -0.4 is 14.8 Å². The lowest BCUT2D eigenvalue weighted by Crippen LogP contribution is -2.07. The average molecular weight is 366 g/mol. The third-order valence-corrected chi connectivity index (χ3v) is 2.97. The summed E-state index contributed by atoms with van der Waals surface area (Å²) in [5.74, 6) is 0.648. The van der Waals surface area contributed by atoms with Crippen LogP contribution in [0.15, 0.2) is 41.1 Å². The first kappa shape index (κ1) is 16.2. The Morgan fingerprint density at radius 1 is 1.14 bits per heavy atom. The van der Waals surface area contributed by atoms with Gasteiger partial charge in [-0.05, 0) is 40.2 Å². The summed E-state index contributed by atoms with van der Waals surface area (Å²) in [6.07, 6.45) is 3.98. The predicted octanol–water partition coefficient (Wildman–Crippen LogP) is 3.05. The molecule has 0 bridgehead atoms. The highest BCUT2D eigenvalue weighted by Crippen LogP contribution is 2.15. The number of nitrogens with zero attached hydrogens (tertiary/aromatic N) is 2. The zero-order valence-electron chi connectivity index (χ0n) is 12.1. The molecule has 7 heteroatoms. The molecule has 0 atom stereocenters. The van der Waals surface area contributed by atoms with Gasteiger partial charge in [0.15, 0.2) is 0 Å². The van der Waals surface area contributed by atoms with E-state index in [9.17, 15) is 4.79 Å². The fraction of sp³-hybridized carbons (Fsp3) is 0.267. The first-order valence-electron chi connectivity index (χ1n) is 6.74. The van der Waals surface area contributed by atoms with Crippen molar-refractivity contribution in [3.05, 3.63) is 41.1 Å². The molecule has 1 aromatic heterocycles. The Labute approximate surface area is 137 Å². The van der Waals surface area contributed by atoms with Crippen LogP contribution in [0.2, 0.25) is 0 Å². The minimum Gasteiger partial charge on any atom is -0.493 e. The molecule has 0 radical (unpaired) electrons. The molecular formula is C15H16BrN3O3. The first-order chi connectivity index (χ1) is 10.6. The number of carbonyl (C=O) groups is 1. The van der Waals surface area contributed by atoms with E-state index in [1.165, 1.54) is 6.92 Å². The molecule has 6 nitrogen and oxygen atoms in total. The maximum Gasteiger partial charge on any atom is 0.316 e. The van der Waals surface area contributed by atoms with Crippen molar-refractivity contribution in [3.63, 3.8) is 0 Å². The summed E-state index contributed by atoms with van der Waals surface area (Å²) >= 11 is 3.26. The second kappa shape index (κ2) is 8.33. The van der Waals surface area contributed by atoms with Gasteiger partial charge < -0.3 is 14.8 Å². The Bertz CT molecular complexity index is 602. The van der Waals surface area contributed by atoms with Crippen molar-refractivity contribution in [1.29, 1.82) is 0 Å². The van der Waals surface area contributed by atoms with Gasteiger partial charge in [0, 0.05) is 31.4 Å². The van der Waals surface area contributed by atoms with E-state index < -0.39 is 0 Å². The summed E-state index contributed by atoms with van der Waals surface area (Å²) in [6, 6.07) is 7.56. The Morgan fingerprint density at radius 3 is 2.41 bits per heavy atom. The maximum atomic E-state index is 10.9. The molecule has 0 aliphatic rings. The van der Waals surface area contributed by atoms with Gasteiger partial charge in [-0.25, -0.2) is 9.97 Å². The number of ether oxygens (including phenoxy) is 2. The number of halogens is 1. The molecule has 0 fully saturated rings. The number of anilines is 1. The molecule has 1 aromatic carbocycles. The van der Waals surface area contributed by atoms with Crippen LogP contribution in [-0.2, 0) is 4.79 Å². The van der Waals surface area contributed by atoms with Crippen LogP contribution >= 0.6 is 15.9 Å². The van der Waals surface area contributed by atoms with Crippen molar-refractivity contribution in [3.8, 4) is 11.8 Å². The Kier molecular flexibility index (Phi) is 6.14. The summed E-state index contributed by atoms with van der Waals surface area (Å²) in [7, 11) is 0. The van der Waals surface area contributed by atoms with E-state index in [-0.39, 0.29) is 5.91 Å². The van der Waals surface area contributed by atoms with Crippen LogP contribution in [0.5, 0.6) is 11.8 Å². The molecule has 1 amide bonds.